The van der Waals surface area contributed by atoms with Crippen molar-refractivity contribution in [3.63, 3.8) is 0 Å². The SMILES string of the molecule is O=C(c1cccnc1)c1cc[nH]c1. The van der Waals surface area contributed by atoms with Gasteiger partial charge in [0.25, 0.3) is 0 Å². The van der Waals surface area contributed by atoms with Crippen molar-refractivity contribution < 1.29 is 4.79 Å². The van der Waals surface area contributed by atoms with Crippen LogP contribution < -0.4 is 0 Å². The van der Waals surface area contributed by atoms with Crippen molar-refractivity contribution in [3.8, 4) is 0 Å². The van der Waals surface area contributed by atoms with Crippen molar-refractivity contribution in [1.29, 1.82) is 0 Å². The van der Waals surface area contributed by atoms with Gasteiger partial charge >= 0.3 is 0 Å². The number of nitrogens with zero attached hydrogens (tertiary/aromatic N) is 1. The van der Waals surface area contributed by atoms with Crippen molar-refractivity contribution in [2.24, 2.45) is 0 Å². The number of H-pyrrole nitrogens is 1. The molecule has 0 amide bonds. The van der Waals surface area contributed by atoms with Gasteiger partial charge in [0.2, 0.25) is 0 Å². The summed E-state index contributed by atoms with van der Waals surface area (Å²) >= 11 is 0. The molecule has 0 unspecified atom stereocenters. The largest absolute Gasteiger partial charge is 0.367 e. The van der Waals surface area contributed by atoms with Gasteiger partial charge in [-0.25, -0.2) is 0 Å². The van der Waals surface area contributed by atoms with E-state index in [1.807, 2.05) is 0 Å². The molecule has 0 aliphatic carbocycles. The summed E-state index contributed by atoms with van der Waals surface area (Å²) in [6.45, 7) is 0. The highest BCUT2D eigenvalue weighted by molar-refractivity contribution is 6.08. The molecule has 0 bridgehead atoms. The zero-order valence-corrected chi connectivity index (χ0v) is 6.90. The van der Waals surface area contributed by atoms with Gasteiger partial charge in [-0.1, -0.05) is 0 Å². The Labute approximate surface area is 75.4 Å². The van der Waals surface area contributed by atoms with Gasteiger partial charge in [0.1, 0.15) is 0 Å². The average Bonchev–Trinajstić information content (AvgIpc) is 2.71. The molecule has 2 aromatic heterocycles. The van der Waals surface area contributed by atoms with E-state index in [1.165, 1.54) is 0 Å². The van der Waals surface area contributed by atoms with Crippen molar-refractivity contribution in [3.05, 3.63) is 54.1 Å². The topological polar surface area (TPSA) is 45.8 Å². The molecule has 1 N–H and O–H groups in total. The van der Waals surface area contributed by atoms with Crippen molar-refractivity contribution in [1.82, 2.24) is 9.97 Å². The summed E-state index contributed by atoms with van der Waals surface area (Å²) in [5.41, 5.74) is 1.27. The predicted molar refractivity (Wildman–Crippen MR) is 48.5 cm³/mol. The number of pyridine rings is 1. The normalized spacial score (nSPS) is 9.85. The molecule has 13 heavy (non-hydrogen) atoms. The van der Waals surface area contributed by atoms with E-state index in [4.69, 9.17) is 0 Å². The standard InChI is InChI=1S/C10H8N2O/c13-10(9-3-5-12-7-9)8-2-1-4-11-6-8/h1-7,12H. The zero-order chi connectivity index (χ0) is 9.10. The van der Waals surface area contributed by atoms with Crippen LogP contribution in [0.1, 0.15) is 15.9 Å². The Morgan fingerprint density at radius 3 is 2.85 bits per heavy atom. The Balaban J connectivity index is 2.34. The minimum atomic E-state index is -0.00523. The van der Waals surface area contributed by atoms with Crippen molar-refractivity contribution in [2.75, 3.05) is 0 Å². The molecule has 0 radical (unpaired) electrons. The third-order valence-electron chi connectivity index (χ3n) is 1.78. The summed E-state index contributed by atoms with van der Waals surface area (Å²) in [7, 11) is 0. The van der Waals surface area contributed by atoms with E-state index in [-0.39, 0.29) is 5.78 Å². The number of hydrogen-bond donors (Lipinski definition) is 1. The molecule has 0 saturated carbocycles. The molecule has 0 aliphatic heterocycles. The monoisotopic (exact) mass is 172 g/mol. The summed E-state index contributed by atoms with van der Waals surface area (Å²) < 4.78 is 0. The Hall–Kier alpha value is -1.90. The Morgan fingerprint density at radius 2 is 2.23 bits per heavy atom. The third kappa shape index (κ3) is 1.49. The molecule has 64 valence electrons. The van der Waals surface area contributed by atoms with Crippen LogP contribution in [-0.4, -0.2) is 15.8 Å². The van der Waals surface area contributed by atoms with Gasteiger partial charge in [0, 0.05) is 35.9 Å². The lowest BCUT2D eigenvalue weighted by molar-refractivity contribution is 0.103. The summed E-state index contributed by atoms with van der Waals surface area (Å²) in [5.74, 6) is -0.00523. The predicted octanol–water partition coefficient (Wildman–Crippen LogP) is 1.64. The number of nitrogens with one attached hydrogen (secondary N) is 1. The molecule has 2 aromatic rings. The smallest absolute Gasteiger partial charge is 0.196 e. The maximum Gasteiger partial charge on any atom is 0.196 e. The number of hydrogen-bond acceptors (Lipinski definition) is 2. The van der Waals surface area contributed by atoms with Crippen LogP contribution in [0, 0.1) is 0 Å². The summed E-state index contributed by atoms with van der Waals surface area (Å²) in [4.78, 5) is 18.4. The van der Waals surface area contributed by atoms with Gasteiger partial charge in [0.15, 0.2) is 5.78 Å². The second kappa shape index (κ2) is 3.23. The molecule has 0 aromatic carbocycles. The van der Waals surface area contributed by atoms with E-state index in [2.05, 4.69) is 9.97 Å². The van der Waals surface area contributed by atoms with E-state index in [9.17, 15) is 4.79 Å². The molecule has 0 saturated heterocycles. The van der Waals surface area contributed by atoms with Crippen LogP contribution in [0.25, 0.3) is 0 Å². The van der Waals surface area contributed by atoms with E-state index in [0.29, 0.717) is 11.1 Å². The molecule has 2 heterocycles. The van der Waals surface area contributed by atoms with Crippen LogP contribution in [-0.2, 0) is 0 Å². The first-order chi connectivity index (χ1) is 6.38. The van der Waals surface area contributed by atoms with Crippen LogP contribution in [0.5, 0.6) is 0 Å². The molecule has 3 nitrogen and oxygen atoms in total. The van der Waals surface area contributed by atoms with E-state index < -0.39 is 0 Å². The molecule has 0 atom stereocenters. The van der Waals surface area contributed by atoms with Gasteiger partial charge in [-0.05, 0) is 18.2 Å². The molecule has 3 heteroatoms. The highest BCUT2D eigenvalue weighted by Gasteiger charge is 2.07. The lowest BCUT2D eigenvalue weighted by Gasteiger charge is -1.95. The maximum absolute atomic E-state index is 11.6. The molecule has 0 fully saturated rings. The second-order valence-corrected chi connectivity index (χ2v) is 2.67. The van der Waals surface area contributed by atoms with Crippen LogP contribution in [0.3, 0.4) is 0 Å². The fraction of sp³-hybridized carbons (Fsp3) is 0. The third-order valence-corrected chi connectivity index (χ3v) is 1.78. The van der Waals surface area contributed by atoms with Crippen LogP contribution in [0.15, 0.2) is 43.0 Å². The molecule has 0 aliphatic rings. The van der Waals surface area contributed by atoms with E-state index in [1.54, 1.807) is 43.0 Å². The highest BCUT2D eigenvalue weighted by atomic mass is 16.1. The lowest BCUT2D eigenvalue weighted by atomic mass is 10.1. The number of aromatic amines is 1. The quantitative estimate of drug-likeness (QED) is 0.700. The van der Waals surface area contributed by atoms with Gasteiger partial charge in [0.05, 0.1) is 0 Å². The van der Waals surface area contributed by atoms with Gasteiger partial charge in [-0.3, -0.25) is 9.78 Å². The molecular weight excluding hydrogens is 164 g/mol. The minimum Gasteiger partial charge on any atom is -0.367 e. The van der Waals surface area contributed by atoms with Crippen LogP contribution in [0.2, 0.25) is 0 Å². The van der Waals surface area contributed by atoms with Crippen LogP contribution in [0.4, 0.5) is 0 Å². The number of rotatable bonds is 2. The van der Waals surface area contributed by atoms with Crippen LogP contribution >= 0.6 is 0 Å². The number of carbonyl (C=O) groups excluding carboxylic acids is 1. The molecule has 2 rings (SSSR count). The number of ketones is 1. The lowest BCUT2D eigenvalue weighted by Crippen LogP contribution is -1.99. The van der Waals surface area contributed by atoms with Crippen molar-refractivity contribution in [2.45, 2.75) is 0 Å². The molecular formula is C10H8N2O. The maximum atomic E-state index is 11.6. The summed E-state index contributed by atoms with van der Waals surface area (Å²) in [6.07, 6.45) is 6.61. The van der Waals surface area contributed by atoms with E-state index in [0.717, 1.165) is 0 Å². The second-order valence-electron chi connectivity index (χ2n) is 2.67. The number of aromatic nitrogens is 2. The van der Waals surface area contributed by atoms with E-state index >= 15 is 0 Å². The number of carbonyl (C=O) groups is 1. The molecule has 0 spiro atoms. The highest BCUT2D eigenvalue weighted by Crippen LogP contribution is 2.06. The average molecular weight is 172 g/mol. The Morgan fingerprint density at radius 1 is 1.31 bits per heavy atom. The zero-order valence-electron chi connectivity index (χ0n) is 6.90. The first-order valence-corrected chi connectivity index (χ1v) is 3.95. The fourth-order valence-corrected chi connectivity index (χ4v) is 1.13. The van der Waals surface area contributed by atoms with Gasteiger partial charge in [-0.2, -0.15) is 0 Å². The van der Waals surface area contributed by atoms with Gasteiger partial charge < -0.3 is 4.98 Å². The first-order valence-electron chi connectivity index (χ1n) is 3.95. The Kier molecular flexibility index (Phi) is 1.92. The summed E-state index contributed by atoms with van der Waals surface area (Å²) in [6, 6.07) is 5.25. The first kappa shape index (κ1) is 7.73. The fourth-order valence-electron chi connectivity index (χ4n) is 1.13. The van der Waals surface area contributed by atoms with Crippen molar-refractivity contribution >= 4 is 5.78 Å². The minimum absolute atomic E-state index is 0.00523. The van der Waals surface area contributed by atoms with Gasteiger partial charge in [-0.15, -0.1) is 0 Å². The Bertz CT molecular complexity index is 392. The summed E-state index contributed by atoms with van der Waals surface area (Å²) in [5, 5.41) is 0.